The van der Waals surface area contributed by atoms with E-state index in [4.69, 9.17) is 0 Å². The van der Waals surface area contributed by atoms with Gasteiger partial charge < -0.3 is 4.90 Å². The molecule has 1 saturated heterocycles. The minimum absolute atomic E-state index is 0.191. The van der Waals surface area contributed by atoms with Gasteiger partial charge >= 0.3 is 0 Å². The van der Waals surface area contributed by atoms with Crippen molar-refractivity contribution in [1.29, 1.82) is 0 Å². The van der Waals surface area contributed by atoms with Gasteiger partial charge in [0.2, 0.25) is 5.91 Å². The highest BCUT2D eigenvalue weighted by Gasteiger charge is 2.28. The summed E-state index contributed by atoms with van der Waals surface area (Å²) in [4.78, 5) is 14.4. The van der Waals surface area contributed by atoms with E-state index in [0.717, 1.165) is 23.0 Å². The Morgan fingerprint density at radius 3 is 2.94 bits per heavy atom. The van der Waals surface area contributed by atoms with Gasteiger partial charge in [-0.2, -0.15) is 5.10 Å². The van der Waals surface area contributed by atoms with Crippen LogP contribution in [0.4, 0.5) is 0 Å². The molecule has 4 nitrogen and oxygen atoms in total. The minimum Gasteiger partial charge on any atom is -0.338 e. The van der Waals surface area contributed by atoms with E-state index in [1.807, 2.05) is 18.0 Å². The van der Waals surface area contributed by atoms with Crippen LogP contribution in [0.1, 0.15) is 39.2 Å². The molecule has 0 spiro atoms. The van der Waals surface area contributed by atoms with Crippen LogP contribution in [0.15, 0.2) is 12.4 Å². The first kappa shape index (κ1) is 12.9. The van der Waals surface area contributed by atoms with Gasteiger partial charge in [0.05, 0.1) is 9.77 Å². The first-order valence-corrected chi connectivity index (χ1v) is 7.17. The van der Waals surface area contributed by atoms with Crippen molar-refractivity contribution in [3.63, 3.8) is 0 Å². The summed E-state index contributed by atoms with van der Waals surface area (Å²) in [5, 5.41) is 4.22. The van der Waals surface area contributed by atoms with Crippen molar-refractivity contribution in [1.82, 2.24) is 14.7 Å². The summed E-state index contributed by atoms with van der Waals surface area (Å²) in [6, 6.07) is 0.174. The van der Waals surface area contributed by atoms with Gasteiger partial charge in [0.15, 0.2) is 0 Å². The van der Waals surface area contributed by atoms with Gasteiger partial charge in [-0.25, -0.2) is 0 Å². The Hall–Kier alpha value is -0.590. The number of nitrogens with zero attached hydrogens (tertiary/aromatic N) is 3. The van der Waals surface area contributed by atoms with Crippen LogP contribution in [0.3, 0.4) is 0 Å². The second-order valence-electron chi connectivity index (χ2n) is 4.69. The number of halogens is 1. The Balaban J connectivity index is 2.08. The van der Waals surface area contributed by atoms with E-state index in [9.17, 15) is 4.79 Å². The molecular formula is C12H18IN3O. The minimum atomic E-state index is -0.195. The topological polar surface area (TPSA) is 38.1 Å². The smallest absolute Gasteiger partial charge is 0.247 e. The van der Waals surface area contributed by atoms with Gasteiger partial charge in [0, 0.05) is 18.8 Å². The van der Waals surface area contributed by atoms with E-state index in [1.54, 1.807) is 10.9 Å². The second kappa shape index (κ2) is 5.37. The zero-order chi connectivity index (χ0) is 12.4. The molecule has 1 aromatic rings. The summed E-state index contributed by atoms with van der Waals surface area (Å²) in [5.41, 5.74) is 0. The molecule has 0 radical (unpaired) electrons. The van der Waals surface area contributed by atoms with Crippen molar-refractivity contribution in [2.45, 2.75) is 45.2 Å². The molecule has 0 N–H and O–H groups in total. The predicted molar refractivity (Wildman–Crippen MR) is 74.7 cm³/mol. The van der Waals surface area contributed by atoms with Crippen molar-refractivity contribution in [3.05, 3.63) is 16.0 Å². The Bertz CT molecular complexity index is 404. The molecular weight excluding hydrogens is 329 g/mol. The molecule has 2 rings (SSSR count). The van der Waals surface area contributed by atoms with Crippen LogP contribution >= 0.6 is 22.6 Å². The molecule has 0 aromatic carbocycles. The number of rotatable bonds is 2. The van der Waals surface area contributed by atoms with Crippen molar-refractivity contribution in [2.75, 3.05) is 6.54 Å². The molecule has 1 fully saturated rings. The lowest BCUT2D eigenvalue weighted by molar-refractivity contribution is -0.137. The third-order valence-electron chi connectivity index (χ3n) is 3.41. The SMILES string of the molecule is CC1CCCCN1C(=O)C(C)n1cc(I)cn1. The van der Waals surface area contributed by atoms with Gasteiger partial charge in [0.1, 0.15) is 6.04 Å². The highest BCUT2D eigenvalue weighted by Crippen LogP contribution is 2.20. The van der Waals surface area contributed by atoms with Crippen LogP contribution < -0.4 is 0 Å². The maximum absolute atomic E-state index is 12.4. The van der Waals surface area contributed by atoms with E-state index in [1.165, 1.54) is 6.42 Å². The maximum Gasteiger partial charge on any atom is 0.247 e. The van der Waals surface area contributed by atoms with Gasteiger partial charge in [-0.05, 0) is 55.7 Å². The molecule has 0 aliphatic carbocycles. The van der Waals surface area contributed by atoms with Crippen LogP contribution in [0.2, 0.25) is 0 Å². The third-order valence-corrected chi connectivity index (χ3v) is 3.97. The number of aromatic nitrogens is 2. The van der Waals surface area contributed by atoms with Crippen LogP contribution in [0.25, 0.3) is 0 Å². The molecule has 2 unspecified atom stereocenters. The Morgan fingerprint density at radius 1 is 1.59 bits per heavy atom. The number of carbonyl (C=O) groups is 1. The van der Waals surface area contributed by atoms with Crippen molar-refractivity contribution in [2.24, 2.45) is 0 Å². The zero-order valence-electron chi connectivity index (χ0n) is 10.3. The summed E-state index contributed by atoms with van der Waals surface area (Å²) >= 11 is 2.21. The lowest BCUT2D eigenvalue weighted by Crippen LogP contribution is -2.45. The number of piperidine rings is 1. The standard InChI is InChI=1S/C12H18IN3O/c1-9-5-3-4-6-15(9)12(17)10(2)16-8-11(13)7-14-16/h7-10H,3-6H2,1-2H3. The summed E-state index contributed by atoms with van der Waals surface area (Å²) in [5.74, 6) is 0.191. The first-order chi connectivity index (χ1) is 8.09. The molecule has 0 saturated carbocycles. The summed E-state index contributed by atoms with van der Waals surface area (Å²) in [6.45, 7) is 4.95. The van der Waals surface area contributed by atoms with Crippen molar-refractivity contribution >= 4 is 28.5 Å². The molecule has 0 bridgehead atoms. The fraction of sp³-hybridized carbons (Fsp3) is 0.667. The van der Waals surface area contributed by atoms with Gasteiger partial charge in [-0.3, -0.25) is 9.48 Å². The molecule has 94 valence electrons. The fourth-order valence-corrected chi connectivity index (χ4v) is 2.72. The lowest BCUT2D eigenvalue weighted by atomic mass is 10.0. The van der Waals surface area contributed by atoms with Gasteiger partial charge in [0.25, 0.3) is 0 Å². The zero-order valence-corrected chi connectivity index (χ0v) is 12.4. The monoisotopic (exact) mass is 347 g/mol. The first-order valence-electron chi connectivity index (χ1n) is 6.09. The number of hydrogen-bond acceptors (Lipinski definition) is 2. The van der Waals surface area contributed by atoms with Crippen molar-refractivity contribution < 1.29 is 4.79 Å². The highest BCUT2D eigenvalue weighted by atomic mass is 127. The normalized spacial score (nSPS) is 22.5. The maximum atomic E-state index is 12.4. The summed E-state index contributed by atoms with van der Waals surface area (Å²) in [7, 11) is 0. The van der Waals surface area contributed by atoms with E-state index in [0.29, 0.717) is 6.04 Å². The lowest BCUT2D eigenvalue weighted by Gasteiger charge is -2.35. The number of likely N-dealkylation sites (tertiary alicyclic amines) is 1. The molecule has 2 atom stereocenters. The molecule has 1 aromatic heterocycles. The van der Waals surface area contributed by atoms with Crippen LogP contribution in [0, 0.1) is 3.57 Å². The van der Waals surface area contributed by atoms with E-state index in [2.05, 4.69) is 34.6 Å². The Morgan fingerprint density at radius 2 is 2.35 bits per heavy atom. The predicted octanol–water partition coefficient (Wildman–Crippen LogP) is 2.45. The molecule has 5 heteroatoms. The average molecular weight is 347 g/mol. The van der Waals surface area contributed by atoms with Crippen LogP contribution in [0.5, 0.6) is 0 Å². The van der Waals surface area contributed by atoms with Crippen molar-refractivity contribution in [3.8, 4) is 0 Å². The molecule has 17 heavy (non-hydrogen) atoms. The molecule has 1 aliphatic rings. The Kier molecular flexibility index (Phi) is 4.06. The summed E-state index contributed by atoms with van der Waals surface area (Å²) in [6.07, 6.45) is 7.18. The average Bonchev–Trinajstić information content (AvgIpc) is 2.75. The molecule has 1 amide bonds. The number of hydrogen-bond donors (Lipinski definition) is 0. The van der Waals surface area contributed by atoms with Gasteiger partial charge in [-0.15, -0.1) is 0 Å². The largest absolute Gasteiger partial charge is 0.338 e. The van der Waals surface area contributed by atoms with E-state index in [-0.39, 0.29) is 11.9 Å². The molecule has 1 aliphatic heterocycles. The third kappa shape index (κ3) is 2.81. The Labute approximate surface area is 116 Å². The van der Waals surface area contributed by atoms with Crippen LogP contribution in [-0.4, -0.2) is 33.2 Å². The molecule has 2 heterocycles. The van der Waals surface area contributed by atoms with E-state index >= 15 is 0 Å². The summed E-state index contributed by atoms with van der Waals surface area (Å²) < 4.78 is 2.82. The number of amides is 1. The van der Waals surface area contributed by atoms with Gasteiger partial charge in [-0.1, -0.05) is 0 Å². The van der Waals surface area contributed by atoms with Crippen LogP contribution in [-0.2, 0) is 4.79 Å². The fourth-order valence-electron chi connectivity index (χ4n) is 2.31. The highest BCUT2D eigenvalue weighted by molar-refractivity contribution is 14.1. The second-order valence-corrected chi connectivity index (χ2v) is 5.94. The van der Waals surface area contributed by atoms with E-state index < -0.39 is 0 Å². The quantitative estimate of drug-likeness (QED) is 0.771. The number of carbonyl (C=O) groups excluding carboxylic acids is 1.